The maximum atomic E-state index is 11.3. The van der Waals surface area contributed by atoms with E-state index in [0.717, 1.165) is 16.7 Å². The van der Waals surface area contributed by atoms with Gasteiger partial charge < -0.3 is 14.2 Å². The molecule has 0 fully saturated rings. The Morgan fingerprint density at radius 2 is 1.78 bits per heavy atom. The minimum absolute atomic E-state index is 0.0713. The van der Waals surface area contributed by atoms with Gasteiger partial charge in [-0.05, 0) is 35.7 Å². The molecular formula is C23H28Cl2N2O5. The van der Waals surface area contributed by atoms with E-state index in [1.165, 1.54) is 6.07 Å². The van der Waals surface area contributed by atoms with Crippen LogP contribution in [-0.2, 0) is 20.8 Å². The molecule has 1 unspecified atom stereocenters. The first kappa shape index (κ1) is 24.9. The van der Waals surface area contributed by atoms with Crippen molar-refractivity contribution < 1.29 is 19.1 Å². The van der Waals surface area contributed by atoms with Crippen molar-refractivity contribution in [2.24, 2.45) is 0 Å². The Bertz CT molecular complexity index is 912. The van der Waals surface area contributed by atoms with Crippen LogP contribution in [0.3, 0.4) is 0 Å². The Balaban J connectivity index is 1.64. The number of ether oxygens (including phenoxy) is 3. The Kier molecular flexibility index (Phi) is 9.71. The zero-order chi connectivity index (χ0) is 22.9. The number of halogens is 2. The molecule has 2 aromatic rings. The summed E-state index contributed by atoms with van der Waals surface area (Å²) >= 11 is 12.8. The summed E-state index contributed by atoms with van der Waals surface area (Å²) in [6.07, 6.45) is 0. The van der Waals surface area contributed by atoms with E-state index < -0.39 is 0 Å². The molecule has 0 N–H and O–H groups in total. The van der Waals surface area contributed by atoms with Gasteiger partial charge in [-0.15, -0.1) is 0 Å². The summed E-state index contributed by atoms with van der Waals surface area (Å²) in [5.74, 6) is -0.0725. The van der Waals surface area contributed by atoms with Gasteiger partial charge in [0.25, 0.3) is 5.69 Å². The highest BCUT2D eigenvalue weighted by atomic mass is 35.5. The van der Waals surface area contributed by atoms with Crippen molar-refractivity contribution in [3.8, 4) is 0 Å². The van der Waals surface area contributed by atoms with Gasteiger partial charge in [0.1, 0.15) is 0 Å². The molecule has 0 spiro atoms. The second-order valence-electron chi connectivity index (χ2n) is 7.52. The van der Waals surface area contributed by atoms with Crippen LogP contribution in [0.2, 0.25) is 10.0 Å². The van der Waals surface area contributed by atoms with Crippen LogP contribution in [0.4, 0.5) is 5.69 Å². The fourth-order valence-corrected chi connectivity index (χ4v) is 4.40. The van der Waals surface area contributed by atoms with Crippen LogP contribution in [0.1, 0.15) is 29.5 Å². The maximum absolute atomic E-state index is 11.3. The van der Waals surface area contributed by atoms with Crippen molar-refractivity contribution in [1.29, 1.82) is 0 Å². The molecule has 0 aliphatic carbocycles. The molecule has 0 radical (unpaired) electrons. The Morgan fingerprint density at radius 3 is 2.50 bits per heavy atom. The second kappa shape index (κ2) is 12.5. The van der Waals surface area contributed by atoms with Crippen molar-refractivity contribution in [2.45, 2.75) is 19.4 Å². The summed E-state index contributed by atoms with van der Waals surface area (Å²) in [7, 11) is 0. The molecule has 32 heavy (non-hydrogen) atoms. The molecule has 7 nitrogen and oxygen atoms in total. The third-order valence-electron chi connectivity index (χ3n) is 5.38. The molecule has 1 aliphatic rings. The summed E-state index contributed by atoms with van der Waals surface area (Å²) in [5, 5.41) is 12.4. The van der Waals surface area contributed by atoms with Gasteiger partial charge in [-0.3, -0.25) is 15.0 Å². The molecular weight excluding hydrogens is 455 g/mol. The van der Waals surface area contributed by atoms with Crippen molar-refractivity contribution in [3.63, 3.8) is 0 Å². The summed E-state index contributed by atoms with van der Waals surface area (Å²) in [4.78, 5) is 13.2. The van der Waals surface area contributed by atoms with Gasteiger partial charge in [0.05, 0.1) is 38.0 Å². The largest absolute Gasteiger partial charge is 0.379 e. The maximum Gasteiger partial charge on any atom is 0.269 e. The SMILES string of the molecule is CCOCCOCCOCCN1Cc2c(Cl)cc(Cl)cc2C(c2cccc([N+](=O)[O-])c2)C1. The summed E-state index contributed by atoms with van der Waals surface area (Å²) < 4.78 is 16.4. The molecule has 1 atom stereocenters. The normalized spacial score (nSPS) is 16.2. The molecule has 0 bridgehead atoms. The zero-order valence-electron chi connectivity index (χ0n) is 18.1. The highest BCUT2D eigenvalue weighted by molar-refractivity contribution is 6.35. The van der Waals surface area contributed by atoms with E-state index in [2.05, 4.69) is 4.90 Å². The minimum Gasteiger partial charge on any atom is -0.379 e. The first-order valence-corrected chi connectivity index (χ1v) is 11.4. The van der Waals surface area contributed by atoms with Crippen LogP contribution >= 0.6 is 23.2 Å². The van der Waals surface area contributed by atoms with Crippen LogP contribution in [-0.4, -0.2) is 62.6 Å². The molecule has 3 rings (SSSR count). The Morgan fingerprint density at radius 1 is 1.06 bits per heavy atom. The monoisotopic (exact) mass is 482 g/mol. The first-order chi connectivity index (χ1) is 15.5. The summed E-state index contributed by atoms with van der Waals surface area (Å²) in [6, 6.07) is 10.4. The van der Waals surface area contributed by atoms with E-state index in [1.54, 1.807) is 18.2 Å². The molecule has 0 saturated carbocycles. The lowest BCUT2D eigenvalue weighted by molar-refractivity contribution is -0.384. The number of nitro groups is 1. The van der Waals surface area contributed by atoms with E-state index in [-0.39, 0.29) is 16.5 Å². The lowest BCUT2D eigenvalue weighted by atomic mass is 9.84. The first-order valence-electron chi connectivity index (χ1n) is 10.7. The minimum atomic E-state index is -0.375. The zero-order valence-corrected chi connectivity index (χ0v) is 19.6. The molecule has 9 heteroatoms. The van der Waals surface area contributed by atoms with Crippen LogP contribution in [0, 0.1) is 10.1 Å². The molecule has 0 amide bonds. The number of non-ortho nitro benzene ring substituents is 1. The smallest absolute Gasteiger partial charge is 0.269 e. The molecule has 0 saturated heterocycles. The lowest BCUT2D eigenvalue weighted by Gasteiger charge is -2.35. The van der Waals surface area contributed by atoms with E-state index in [4.69, 9.17) is 37.4 Å². The van der Waals surface area contributed by atoms with Gasteiger partial charge in [-0.2, -0.15) is 0 Å². The average molecular weight is 483 g/mol. The van der Waals surface area contributed by atoms with Crippen molar-refractivity contribution in [2.75, 3.05) is 52.7 Å². The summed E-state index contributed by atoms with van der Waals surface area (Å²) in [6.45, 7) is 7.46. The molecule has 1 aliphatic heterocycles. The number of nitro benzene ring substituents is 1. The average Bonchev–Trinajstić information content (AvgIpc) is 2.78. The van der Waals surface area contributed by atoms with E-state index >= 15 is 0 Å². The quantitative estimate of drug-likeness (QED) is 0.243. The van der Waals surface area contributed by atoms with Gasteiger partial charge in [0.2, 0.25) is 0 Å². The van der Waals surface area contributed by atoms with E-state index in [1.807, 2.05) is 19.1 Å². The predicted molar refractivity (Wildman–Crippen MR) is 125 cm³/mol. The summed E-state index contributed by atoms with van der Waals surface area (Å²) in [5.41, 5.74) is 2.95. The van der Waals surface area contributed by atoms with Gasteiger partial charge in [0, 0.05) is 54.3 Å². The molecule has 0 aromatic heterocycles. The number of hydrogen-bond donors (Lipinski definition) is 0. The second-order valence-corrected chi connectivity index (χ2v) is 8.36. The van der Waals surface area contributed by atoms with Crippen LogP contribution < -0.4 is 0 Å². The van der Waals surface area contributed by atoms with Crippen molar-refractivity contribution >= 4 is 28.9 Å². The Labute approximate surface area is 198 Å². The lowest BCUT2D eigenvalue weighted by Crippen LogP contribution is -2.36. The highest BCUT2D eigenvalue weighted by Crippen LogP contribution is 2.39. The van der Waals surface area contributed by atoms with Crippen LogP contribution in [0.5, 0.6) is 0 Å². The Hall–Kier alpha value is -1.74. The van der Waals surface area contributed by atoms with Gasteiger partial charge in [-0.1, -0.05) is 35.3 Å². The number of nitrogens with zero attached hydrogens (tertiary/aromatic N) is 2. The van der Waals surface area contributed by atoms with Gasteiger partial charge in [-0.25, -0.2) is 0 Å². The third-order valence-corrected chi connectivity index (χ3v) is 5.93. The number of fused-ring (bicyclic) bond motifs is 1. The fraction of sp³-hybridized carbons (Fsp3) is 0.478. The predicted octanol–water partition coefficient (Wildman–Crippen LogP) is 4.92. The highest BCUT2D eigenvalue weighted by Gasteiger charge is 2.29. The number of benzene rings is 2. The van der Waals surface area contributed by atoms with E-state index in [0.29, 0.717) is 69.3 Å². The third kappa shape index (κ3) is 6.88. The van der Waals surface area contributed by atoms with Crippen molar-refractivity contribution in [1.82, 2.24) is 4.90 Å². The molecule has 174 valence electrons. The van der Waals surface area contributed by atoms with Crippen molar-refractivity contribution in [3.05, 3.63) is 73.2 Å². The fourth-order valence-electron chi connectivity index (χ4n) is 3.83. The van der Waals surface area contributed by atoms with Gasteiger partial charge in [0.15, 0.2) is 0 Å². The van der Waals surface area contributed by atoms with Crippen LogP contribution in [0.15, 0.2) is 36.4 Å². The van der Waals surface area contributed by atoms with Gasteiger partial charge >= 0.3 is 0 Å². The molecule has 2 aromatic carbocycles. The standard InChI is InChI=1S/C23H28Cl2N2O5/c1-2-30-8-9-32-11-10-31-7-6-26-15-21(17-4-3-5-19(12-17)27(28)29)20-13-18(24)14-23(25)22(20)16-26/h3-5,12-14,21H,2,6-11,15-16H2,1H3. The topological polar surface area (TPSA) is 74.1 Å². The number of rotatable bonds is 12. The molecule has 1 heterocycles. The van der Waals surface area contributed by atoms with E-state index in [9.17, 15) is 10.1 Å². The van der Waals surface area contributed by atoms with Crippen LogP contribution in [0.25, 0.3) is 0 Å². The number of hydrogen-bond acceptors (Lipinski definition) is 6.